The number of benzene rings is 1. The number of ether oxygens (including phenoxy) is 1. The number of hydrogen-bond acceptors (Lipinski definition) is 4. The van der Waals surface area contributed by atoms with E-state index in [4.69, 9.17) is 4.74 Å². The quantitative estimate of drug-likeness (QED) is 0.654. The molecule has 22 heavy (non-hydrogen) atoms. The number of hydrogen-bond donors (Lipinski definition) is 0. The Kier molecular flexibility index (Phi) is 4.18. The molecule has 6 heteroatoms. The molecule has 0 atom stereocenters. The van der Waals surface area contributed by atoms with Crippen LogP contribution >= 0.6 is 0 Å². The average molecular weight is 298 g/mol. The van der Waals surface area contributed by atoms with Gasteiger partial charge in [-0.1, -0.05) is 0 Å². The van der Waals surface area contributed by atoms with Gasteiger partial charge >= 0.3 is 0 Å². The molecular formula is C16H18N4O2. The van der Waals surface area contributed by atoms with E-state index in [1.807, 2.05) is 16.8 Å². The standard InChI is InChI=1S/C16H18N4O2/c1-22-13-4-5-15-14(10-13)16(21)20(12-18-15)8-3-2-7-19-9-6-17-11-19/h4-6,9-12H,2-3,7-8H2,1H3. The highest BCUT2D eigenvalue weighted by molar-refractivity contribution is 5.78. The third-order valence-electron chi connectivity index (χ3n) is 3.66. The number of aryl methyl sites for hydroxylation is 2. The predicted molar refractivity (Wildman–Crippen MR) is 84.0 cm³/mol. The number of imidazole rings is 1. The molecular weight excluding hydrogens is 280 g/mol. The number of unbranched alkanes of at least 4 members (excludes halogenated alkanes) is 1. The summed E-state index contributed by atoms with van der Waals surface area (Å²) in [7, 11) is 1.59. The molecule has 0 amide bonds. The van der Waals surface area contributed by atoms with Crippen molar-refractivity contribution in [2.45, 2.75) is 25.9 Å². The van der Waals surface area contributed by atoms with E-state index in [1.54, 1.807) is 42.7 Å². The minimum absolute atomic E-state index is 0.0217. The Hall–Kier alpha value is -2.63. The highest BCUT2D eigenvalue weighted by Gasteiger charge is 2.05. The molecule has 0 aliphatic rings. The van der Waals surface area contributed by atoms with E-state index in [0.29, 0.717) is 23.2 Å². The summed E-state index contributed by atoms with van der Waals surface area (Å²) in [4.78, 5) is 20.8. The average Bonchev–Trinajstić information content (AvgIpc) is 3.06. The fourth-order valence-corrected chi connectivity index (χ4v) is 2.42. The van der Waals surface area contributed by atoms with Crippen LogP contribution < -0.4 is 10.3 Å². The fraction of sp³-hybridized carbons (Fsp3) is 0.312. The lowest BCUT2D eigenvalue weighted by Gasteiger charge is -2.08. The zero-order valence-corrected chi connectivity index (χ0v) is 12.5. The van der Waals surface area contributed by atoms with Crippen LogP contribution in [0.3, 0.4) is 0 Å². The highest BCUT2D eigenvalue weighted by Crippen LogP contribution is 2.15. The smallest absolute Gasteiger partial charge is 0.261 e. The van der Waals surface area contributed by atoms with Crippen LogP contribution in [0.25, 0.3) is 10.9 Å². The molecule has 1 aromatic carbocycles. The van der Waals surface area contributed by atoms with Gasteiger partial charge in [0.2, 0.25) is 0 Å². The first-order valence-corrected chi connectivity index (χ1v) is 7.27. The fourth-order valence-electron chi connectivity index (χ4n) is 2.42. The molecule has 6 nitrogen and oxygen atoms in total. The summed E-state index contributed by atoms with van der Waals surface area (Å²) in [5.74, 6) is 0.671. The van der Waals surface area contributed by atoms with Crippen LogP contribution in [0.5, 0.6) is 5.75 Å². The normalized spacial score (nSPS) is 11.0. The Labute approximate surface area is 128 Å². The highest BCUT2D eigenvalue weighted by atomic mass is 16.5. The first kappa shape index (κ1) is 14.3. The van der Waals surface area contributed by atoms with Crippen LogP contribution in [-0.4, -0.2) is 26.2 Å². The molecule has 0 aliphatic carbocycles. The Bertz CT molecular complexity index is 809. The first-order valence-electron chi connectivity index (χ1n) is 7.27. The molecule has 3 aromatic rings. The predicted octanol–water partition coefficient (Wildman–Crippen LogP) is 2.08. The van der Waals surface area contributed by atoms with Crippen LogP contribution in [0, 0.1) is 0 Å². The van der Waals surface area contributed by atoms with Gasteiger partial charge in [-0.25, -0.2) is 9.97 Å². The molecule has 0 saturated carbocycles. The van der Waals surface area contributed by atoms with Gasteiger partial charge in [0.15, 0.2) is 0 Å². The van der Waals surface area contributed by atoms with Crippen LogP contribution in [0.15, 0.2) is 48.0 Å². The topological polar surface area (TPSA) is 61.9 Å². The van der Waals surface area contributed by atoms with Gasteiger partial charge in [0.05, 0.1) is 30.7 Å². The molecule has 0 fully saturated rings. The number of methoxy groups -OCH3 is 1. The number of fused-ring (bicyclic) bond motifs is 1. The van der Waals surface area contributed by atoms with Crippen molar-refractivity contribution >= 4 is 10.9 Å². The summed E-state index contributed by atoms with van der Waals surface area (Å²) in [6.07, 6.45) is 9.03. The Balaban J connectivity index is 1.70. The van der Waals surface area contributed by atoms with E-state index < -0.39 is 0 Å². The third kappa shape index (κ3) is 3.00. The van der Waals surface area contributed by atoms with Gasteiger partial charge in [-0.05, 0) is 31.0 Å². The number of nitrogens with zero attached hydrogens (tertiary/aromatic N) is 4. The van der Waals surface area contributed by atoms with Crippen molar-refractivity contribution in [1.82, 2.24) is 19.1 Å². The maximum atomic E-state index is 12.5. The second-order valence-corrected chi connectivity index (χ2v) is 5.13. The molecule has 0 saturated heterocycles. The lowest BCUT2D eigenvalue weighted by molar-refractivity contribution is 0.415. The Morgan fingerprint density at radius 1 is 1.18 bits per heavy atom. The Morgan fingerprint density at radius 3 is 2.82 bits per heavy atom. The van der Waals surface area contributed by atoms with Crippen molar-refractivity contribution in [2.24, 2.45) is 0 Å². The SMILES string of the molecule is COc1ccc2ncn(CCCCn3ccnc3)c(=O)c2c1. The molecule has 0 N–H and O–H groups in total. The van der Waals surface area contributed by atoms with E-state index in [9.17, 15) is 4.79 Å². The molecule has 2 aromatic heterocycles. The molecule has 0 unspecified atom stereocenters. The zero-order valence-electron chi connectivity index (χ0n) is 12.5. The molecule has 114 valence electrons. The minimum atomic E-state index is -0.0217. The van der Waals surface area contributed by atoms with Crippen molar-refractivity contribution in [1.29, 1.82) is 0 Å². The van der Waals surface area contributed by atoms with Gasteiger partial charge < -0.3 is 9.30 Å². The lowest BCUT2D eigenvalue weighted by Crippen LogP contribution is -2.20. The third-order valence-corrected chi connectivity index (χ3v) is 3.66. The molecule has 0 radical (unpaired) electrons. The minimum Gasteiger partial charge on any atom is -0.497 e. The summed E-state index contributed by atoms with van der Waals surface area (Å²) >= 11 is 0. The second-order valence-electron chi connectivity index (χ2n) is 5.13. The number of aromatic nitrogens is 4. The van der Waals surface area contributed by atoms with E-state index in [1.165, 1.54) is 0 Å². The lowest BCUT2D eigenvalue weighted by atomic mass is 10.2. The van der Waals surface area contributed by atoms with Gasteiger partial charge in [0.25, 0.3) is 5.56 Å². The van der Waals surface area contributed by atoms with Crippen molar-refractivity contribution < 1.29 is 4.74 Å². The molecule has 0 bridgehead atoms. The second kappa shape index (κ2) is 6.43. The molecule has 3 rings (SSSR count). The van der Waals surface area contributed by atoms with Gasteiger partial charge in [0, 0.05) is 25.5 Å². The van der Waals surface area contributed by atoms with Crippen molar-refractivity contribution in [3.63, 3.8) is 0 Å². The summed E-state index contributed by atoms with van der Waals surface area (Å²) in [6, 6.07) is 5.36. The van der Waals surface area contributed by atoms with Crippen molar-refractivity contribution in [3.05, 3.63) is 53.6 Å². The van der Waals surface area contributed by atoms with E-state index in [2.05, 4.69) is 9.97 Å². The van der Waals surface area contributed by atoms with Gasteiger partial charge in [-0.15, -0.1) is 0 Å². The Morgan fingerprint density at radius 2 is 2.05 bits per heavy atom. The maximum Gasteiger partial charge on any atom is 0.261 e. The van der Waals surface area contributed by atoms with Crippen molar-refractivity contribution in [2.75, 3.05) is 7.11 Å². The van der Waals surface area contributed by atoms with E-state index >= 15 is 0 Å². The van der Waals surface area contributed by atoms with Crippen LogP contribution in [0.2, 0.25) is 0 Å². The summed E-state index contributed by atoms with van der Waals surface area (Å²) < 4.78 is 8.87. The zero-order chi connectivity index (χ0) is 15.4. The van der Waals surface area contributed by atoms with Crippen LogP contribution in [0.4, 0.5) is 0 Å². The monoisotopic (exact) mass is 298 g/mol. The largest absolute Gasteiger partial charge is 0.497 e. The van der Waals surface area contributed by atoms with E-state index in [0.717, 1.165) is 19.4 Å². The molecule has 0 spiro atoms. The summed E-state index contributed by atoms with van der Waals surface area (Å²) in [6.45, 7) is 1.57. The maximum absolute atomic E-state index is 12.5. The summed E-state index contributed by atoms with van der Waals surface area (Å²) in [5.41, 5.74) is 0.673. The number of rotatable bonds is 6. The van der Waals surface area contributed by atoms with Crippen molar-refractivity contribution in [3.8, 4) is 5.75 Å². The van der Waals surface area contributed by atoms with Gasteiger partial charge in [0.1, 0.15) is 5.75 Å². The van der Waals surface area contributed by atoms with Gasteiger partial charge in [-0.2, -0.15) is 0 Å². The van der Waals surface area contributed by atoms with E-state index in [-0.39, 0.29) is 5.56 Å². The van der Waals surface area contributed by atoms with Crippen LogP contribution in [-0.2, 0) is 13.1 Å². The van der Waals surface area contributed by atoms with Gasteiger partial charge in [-0.3, -0.25) is 9.36 Å². The van der Waals surface area contributed by atoms with Crippen LogP contribution in [0.1, 0.15) is 12.8 Å². The first-order chi connectivity index (χ1) is 10.8. The molecule has 2 heterocycles. The summed E-state index contributed by atoms with van der Waals surface area (Å²) in [5, 5.41) is 0.594. The molecule has 0 aliphatic heterocycles.